The third kappa shape index (κ3) is 3.45. The Morgan fingerprint density at radius 2 is 2.14 bits per heavy atom. The zero-order chi connectivity index (χ0) is 14.8. The number of thiophene rings is 1. The van der Waals surface area contributed by atoms with Crippen molar-refractivity contribution in [2.75, 3.05) is 26.7 Å². The van der Waals surface area contributed by atoms with Crippen LogP contribution in [0.3, 0.4) is 0 Å². The molecule has 2 aliphatic heterocycles. The molecular formula is C15H22ClN3O2S. The Hall–Kier alpha value is -1.11. The van der Waals surface area contributed by atoms with Crippen LogP contribution in [0.15, 0.2) is 17.5 Å². The first-order valence-corrected chi connectivity index (χ1v) is 8.35. The van der Waals surface area contributed by atoms with Crippen molar-refractivity contribution in [1.29, 1.82) is 0 Å². The Bertz CT molecular complexity index is 509. The summed E-state index contributed by atoms with van der Waals surface area (Å²) in [6.07, 6.45) is 3.19. The number of hydrogen-bond acceptors (Lipinski definition) is 4. The molecule has 2 aliphatic rings. The molecule has 3 heterocycles. The van der Waals surface area contributed by atoms with Crippen molar-refractivity contribution >= 4 is 35.6 Å². The summed E-state index contributed by atoms with van der Waals surface area (Å²) in [5.74, 6) is 0.0113. The molecule has 0 spiro atoms. The number of rotatable bonds is 3. The fraction of sp³-hybridized carbons (Fsp3) is 0.600. The number of likely N-dealkylation sites (N-methyl/N-ethyl adjacent to an activating group) is 1. The number of hydrogen-bond donors (Lipinski definition) is 1. The average Bonchev–Trinajstić information content (AvgIpc) is 3.05. The first-order chi connectivity index (χ1) is 10.2. The zero-order valence-electron chi connectivity index (χ0n) is 12.7. The zero-order valence-corrected chi connectivity index (χ0v) is 14.3. The van der Waals surface area contributed by atoms with Crippen molar-refractivity contribution in [2.45, 2.75) is 31.3 Å². The lowest BCUT2D eigenvalue weighted by atomic mass is 10.1. The summed E-state index contributed by atoms with van der Waals surface area (Å²) in [5, 5.41) is 5.27. The lowest BCUT2D eigenvalue weighted by Crippen LogP contribution is -2.47. The highest BCUT2D eigenvalue weighted by Crippen LogP contribution is 2.28. The summed E-state index contributed by atoms with van der Waals surface area (Å²) < 4.78 is 0. The van der Waals surface area contributed by atoms with Crippen molar-refractivity contribution in [3.05, 3.63) is 22.4 Å². The summed E-state index contributed by atoms with van der Waals surface area (Å²) >= 11 is 1.41. The van der Waals surface area contributed by atoms with E-state index in [2.05, 4.69) is 5.32 Å². The molecule has 1 aromatic heterocycles. The Balaban J connectivity index is 0.00000176. The van der Waals surface area contributed by atoms with Gasteiger partial charge in [0.05, 0.1) is 11.4 Å². The van der Waals surface area contributed by atoms with E-state index >= 15 is 0 Å². The minimum absolute atomic E-state index is 0. The van der Waals surface area contributed by atoms with Crippen molar-refractivity contribution in [2.24, 2.45) is 0 Å². The normalized spacial score (nSPS) is 23.6. The van der Waals surface area contributed by atoms with Gasteiger partial charge in [0.1, 0.15) is 0 Å². The van der Waals surface area contributed by atoms with Crippen LogP contribution in [0.25, 0.3) is 0 Å². The van der Waals surface area contributed by atoms with Gasteiger partial charge in [0.25, 0.3) is 5.91 Å². The van der Waals surface area contributed by atoms with Gasteiger partial charge in [-0.15, -0.1) is 23.7 Å². The van der Waals surface area contributed by atoms with Crippen LogP contribution in [0, 0.1) is 0 Å². The highest BCUT2D eigenvalue weighted by Gasteiger charge is 2.38. The van der Waals surface area contributed by atoms with E-state index in [0.717, 1.165) is 32.4 Å². The Morgan fingerprint density at radius 3 is 2.86 bits per heavy atom. The molecule has 0 radical (unpaired) electrons. The summed E-state index contributed by atoms with van der Waals surface area (Å²) in [6.45, 7) is 2.03. The van der Waals surface area contributed by atoms with E-state index in [1.165, 1.54) is 16.2 Å². The molecule has 0 saturated carbocycles. The monoisotopic (exact) mass is 343 g/mol. The van der Waals surface area contributed by atoms with Crippen LogP contribution in [-0.2, 0) is 4.79 Å². The second-order valence-corrected chi connectivity index (χ2v) is 6.77. The quantitative estimate of drug-likeness (QED) is 0.907. The lowest BCUT2D eigenvalue weighted by Gasteiger charge is -2.29. The summed E-state index contributed by atoms with van der Waals surface area (Å²) in [5.41, 5.74) is 0. The maximum absolute atomic E-state index is 12.6. The summed E-state index contributed by atoms with van der Waals surface area (Å²) in [7, 11) is 1.71. The highest BCUT2D eigenvalue weighted by atomic mass is 35.5. The predicted octanol–water partition coefficient (Wildman–Crippen LogP) is 1.59. The maximum atomic E-state index is 12.6. The molecule has 2 unspecified atom stereocenters. The van der Waals surface area contributed by atoms with Crippen molar-refractivity contribution in [3.63, 3.8) is 0 Å². The number of nitrogens with one attached hydrogen (secondary N) is 1. The van der Waals surface area contributed by atoms with Gasteiger partial charge in [0.2, 0.25) is 5.91 Å². The molecule has 0 aromatic carbocycles. The first-order valence-electron chi connectivity index (χ1n) is 7.47. The van der Waals surface area contributed by atoms with Crippen LogP contribution >= 0.6 is 23.7 Å². The molecular weight excluding hydrogens is 322 g/mol. The van der Waals surface area contributed by atoms with Gasteiger partial charge in [0.15, 0.2) is 0 Å². The van der Waals surface area contributed by atoms with Crippen LogP contribution in [-0.4, -0.2) is 60.4 Å². The fourth-order valence-electron chi connectivity index (χ4n) is 3.33. The van der Waals surface area contributed by atoms with Gasteiger partial charge >= 0.3 is 0 Å². The van der Waals surface area contributed by atoms with Crippen LogP contribution in [0.2, 0.25) is 0 Å². The number of fused-ring (bicyclic) bond motifs is 2. The van der Waals surface area contributed by atoms with Crippen molar-refractivity contribution in [3.8, 4) is 0 Å². The highest BCUT2D eigenvalue weighted by molar-refractivity contribution is 7.12. The molecule has 0 aliphatic carbocycles. The summed E-state index contributed by atoms with van der Waals surface area (Å²) in [6, 6.07) is 4.31. The van der Waals surface area contributed by atoms with Gasteiger partial charge < -0.3 is 15.1 Å². The minimum Gasteiger partial charge on any atom is -0.334 e. The topological polar surface area (TPSA) is 52.7 Å². The smallest absolute Gasteiger partial charge is 0.264 e. The van der Waals surface area contributed by atoms with Gasteiger partial charge in [-0.1, -0.05) is 6.07 Å². The lowest BCUT2D eigenvalue weighted by molar-refractivity contribution is -0.134. The number of carbonyl (C=O) groups excluding carboxylic acids is 2. The van der Waals surface area contributed by atoms with E-state index in [9.17, 15) is 9.59 Å². The van der Waals surface area contributed by atoms with Crippen molar-refractivity contribution in [1.82, 2.24) is 15.1 Å². The number of carbonyl (C=O) groups is 2. The molecule has 2 bridgehead atoms. The molecule has 22 heavy (non-hydrogen) atoms. The van der Waals surface area contributed by atoms with Gasteiger partial charge in [0, 0.05) is 25.7 Å². The fourth-order valence-corrected chi connectivity index (χ4v) is 4.05. The van der Waals surface area contributed by atoms with E-state index in [1.807, 2.05) is 16.3 Å². The van der Waals surface area contributed by atoms with Crippen LogP contribution in [0.5, 0.6) is 0 Å². The van der Waals surface area contributed by atoms with Crippen LogP contribution < -0.4 is 5.32 Å². The number of nitrogens with zero attached hydrogens (tertiary/aromatic N) is 2. The van der Waals surface area contributed by atoms with E-state index in [0.29, 0.717) is 17.0 Å². The summed E-state index contributed by atoms with van der Waals surface area (Å²) in [4.78, 5) is 29.1. The van der Waals surface area contributed by atoms with E-state index in [4.69, 9.17) is 0 Å². The Labute approximate surface area is 141 Å². The molecule has 2 amide bonds. The Kier molecular flexibility index (Phi) is 5.83. The first kappa shape index (κ1) is 17.2. The van der Waals surface area contributed by atoms with E-state index in [-0.39, 0.29) is 30.8 Å². The standard InChI is InChI=1S/C15H21N3O2S.ClH/c1-17(15(20)13-3-2-8-21-13)10-14(19)18-11-4-5-12(18)9-16-7-6-11;/h2-3,8,11-12,16H,4-7,9-10H2,1H3;1H. The second-order valence-electron chi connectivity index (χ2n) is 5.82. The average molecular weight is 344 g/mol. The minimum atomic E-state index is -0.0707. The molecule has 2 fully saturated rings. The molecule has 7 heteroatoms. The third-order valence-corrected chi connectivity index (χ3v) is 5.25. The molecule has 3 rings (SSSR count). The molecule has 2 atom stereocenters. The van der Waals surface area contributed by atoms with Crippen molar-refractivity contribution < 1.29 is 9.59 Å². The Morgan fingerprint density at radius 1 is 1.36 bits per heavy atom. The number of halogens is 1. The van der Waals surface area contributed by atoms with E-state index < -0.39 is 0 Å². The predicted molar refractivity (Wildman–Crippen MR) is 89.7 cm³/mol. The van der Waals surface area contributed by atoms with E-state index in [1.54, 1.807) is 13.1 Å². The molecule has 122 valence electrons. The third-order valence-electron chi connectivity index (χ3n) is 4.39. The number of amides is 2. The molecule has 1 aromatic rings. The van der Waals surface area contributed by atoms with Gasteiger partial charge in [-0.3, -0.25) is 9.59 Å². The van der Waals surface area contributed by atoms with Crippen LogP contribution in [0.1, 0.15) is 28.9 Å². The second kappa shape index (κ2) is 7.44. The largest absolute Gasteiger partial charge is 0.334 e. The van der Waals surface area contributed by atoms with Crippen LogP contribution in [0.4, 0.5) is 0 Å². The van der Waals surface area contributed by atoms with Gasteiger partial charge in [-0.25, -0.2) is 0 Å². The molecule has 1 N–H and O–H groups in total. The molecule has 5 nitrogen and oxygen atoms in total. The maximum Gasteiger partial charge on any atom is 0.264 e. The molecule has 2 saturated heterocycles. The van der Waals surface area contributed by atoms with Gasteiger partial charge in [-0.2, -0.15) is 0 Å². The van der Waals surface area contributed by atoms with Gasteiger partial charge in [-0.05, 0) is 37.3 Å². The SMILES string of the molecule is CN(CC(=O)N1C2CCNCC1CC2)C(=O)c1cccs1.Cl.